The van der Waals surface area contributed by atoms with Crippen LogP contribution in [-0.4, -0.2) is 60.8 Å². The van der Waals surface area contributed by atoms with Crippen LogP contribution in [0.4, 0.5) is 0 Å². The molecule has 0 aromatic heterocycles. The predicted molar refractivity (Wildman–Crippen MR) is 65.0 cm³/mol. The monoisotopic (exact) mass is 261 g/mol. The van der Waals surface area contributed by atoms with Gasteiger partial charge in [-0.25, -0.2) is 0 Å². The fourth-order valence-electron chi connectivity index (χ4n) is 2.52. The first-order valence-electron chi connectivity index (χ1n) is 6.25. The number of ether oxygens (including phenoxy) is 2. The number of methoxy groups -OCH3 is 1. The van der Waals surface area contributed by atoms with Crippen LogP contribution in [0.1, 0.15) is 20.3 Å². The minimum atomic E-state index is -0.745. The highest BCUT2D eigenvalue weighted by Gasteiger charge is 2.44. The molecule has 2 unspecified atom stereocenters. The summed E-state index contributed by atoms with van der Waals surface area (Å²) in [5.74, 6) is -0.416. The van der Waals surface area contributed by atoms with E-state index < -0.39 is 24.4 Å². The van der Waals surface area contributed by atoms with Gasteiger partial charge in [0.1, 0.15) is 6.10 Å². The first-order chi connectivity index (χ1) is 8.54. The van der Waals surface area contributed by atoms with E-state index in [0.29, 0.717) is 6.42 Å². The van der Waals surface area contributed by atoms with Gasteiger partial charge < -0.3 is 25.0 Å². The number of nitrogens with one attached hydrogen (secondary N) is 1. The molecule has 18 heavy (non-hydrogen) atoms. The van der Waals surface area contributed by atoms with Gasteiger partial charge in [0, 0.05) is 20.0 Å². The third kappa shape index (κ3) is 3.41. The molecule has 1 aliphatic rings. The summed E-state index contributed by atoms with van der Waals surface area (Å²) in [5, 5.41) is 22.3. The maximum Gasteiger partial charge on any atom is 0.217 e. The second-order valence-corrected chi connectivity index (χ2v) is 4.64. The van der Waals surface area contributed by atoms with Gasteiger partial charge in [0.25, 0.3) is 0 Å². The summed E-state index contributed by atoms with van der Waals surface area (Å²) < 4.78 is 10.7. The zero-order chi connectivity index (χ0) is 13.7. The highest BCUT2D eigenvalue weighted by atomic mass is 16.5. The lowest BCUT2D eigenvalue weighted by Crippen LogP contribution is -2.62. The number of hydrogen-bond donors (Lipinski definition) is 3. The molecule has 0 radical (unpaired) electrons. The predicted octanol–water partition coefficient (Wildman–Crippen LogP) is -0.716. The molecule has 0 bridgehead atoms. The van der Waals surface area contributed by atoms with E-state index in [9.17, 15) is 15.0 Å². The number of carbonyl (C=O) groups is 1. The van der Waals surface area contributed by atoms with Crippen LogP contribution in [0.25, 0.3) is 0 Å². The molecule has 6 heteroatoms. The first kappa shape index (κ1) is 15.4. The van der Waals surface area contributed by atoms with Crippen LogP contribution >= 0.6 is 0 Å². The third-order valence-corrected chi connectivity index (χ3v) is 3.39. The van der Waals surface area contributed by atoms with Gasteiger partial charge in [0.2, 0.25) is 5.91 Å². The largest absolute Gasteiger partial charge is 0.394 e. The Morgan fingerprint density at radius 1 is 1.44 bits per heavy atom. The van der Waals surface area contributed by atoms with Crippen LogP contribution < -0.4 is 5.32 Å². The molecule has 1 fully saturated rings. The Hall–Kier alpha value is -0.690. The molecule has 0 spiro atoms. The molecule has 1 amide bonds. The Kier molecular flexibility index (Phi) is 6.01. The van der Waals surface area contributed by atoms with E-state index in [1.165, 1.54) is 14.0 Å². The number of rotatable bonds is 5. The summed E-state index contributed by atoms with van der Waals surface area (Å²) in [6, 6.07) is -0.504. The number of hydrogen-bond acceptors (Lipinski definition) is 5. The van der Waals surface area contributed by atoms with Crippen molar-refractivity contribution in [2.24, 2.45) is 5.92 Å². The van der Waals surface area contributed by atoms with Crippen LogP contribution in [0.3, 0.4) is 0 Å². The molecule has 3 N–H and O–H groups in total. The highest BCUT2D eigenvalue weighted by Crippen LogP contribution is 2.28. The van der Waals surface area contributed by atoms with Gasteiger partial charge in [-0.05, 0) is 6.42 Å². The Balaban J connectivity index is 2.84. The topological polar surface area (TPSA) is 88.0 Å². The molecule has 1 heterocycles. The summed E-state index contributed by atoms with van der Waals surface area (Å²) in [7, 11) is 1.53. The lowest BCUT2D eigenvalue weighted by Gasteiger charge is -2.44. The first-order valence-corrected chi connectivity index (χ1v) is 6.25. The van der Waals surface area contributed by atoms with Crippen molar-refractivity contribution >= 4 is 5.91 Å². The Morgan fingerprint density at radius 2 is 2.11 bits per heavy atom. The number of aliphatic hydroxyl groups excluding tert-OH is 2. The molecule has 0 aromatic carbocycles. The van der Waals surface area contributed by atoms with Crippen LogP contribution in [-0.2, 0) is 14.3 Å². The molecule has 0 saturated carbocycles. The van der Waals surface area contributed by atoms with Crippen LogP contribution in [0.2, 0.25) is 0 Å². The minimum absolute atomic E-state index is 0.150. The summed E-state index contributed by atoms with van der Waals surface area (Å²) in [4.78, 5) is 11.2. The van der Waals surface area contributed by atoms with E-state index in [0.717, 1.165) is 0 Å². The van der Waals surface area contributed by atoms with E-state index in [1.54, 1.807) is 0 Å². The Labute approximate surface area is 107 Å². The molecule has 1 rings (SSSR count). The maximum atomic E-state index is 11.2. The van der Waals surface area contributed by atoms with E-state index in [4.69, 9.17) is 9.47 Å². The standard InChI is InChI=1S/C12H23NO5/c1-4-8-9(5-14)18-10(6-17-3)11(12(8)16)13-7(2)15/h8-12,14,16H,4-6H2,1-3H3,(H,13,15)/t8-,9?,10+,11?,12-/m1/s1. The number of amides is 1. The van der Waals surface area contributed by atoms with Crippen molar-refractivity contribution < 1.29 is 24.5 Å². The van der Waals surface area contributed by atoms with Crippen molar-refractivity contribution in [3.05, 3.63) is 0 Å². The van der Waals surface area contributed by atoms with Crippen LogP contribution in [0.15, 0.2) is 0 Å². The molecule has 6 nitrogen and oxygen atoms in total. The van der Waals surface area contributed by atoms with Crippen molar-refractivity contribution in [1.29, 1.82) is 0 Å². The van der Waals surface area contributed by atoms with Gasteiger partial charge in [0.15, 0.2) is 0 Å². The second-order valence-electron chi connectivity index (χ2n) is 4.64. The fourth-order valence-corrected chi connectivity index (χ4v) is 2.52. The average Bonchev–Trinajstić information content (AvgIpc) is 2.33. The molecule has 5 atom stereocenters. The fraction of sp³-hybridized carbons (Fsp3) is 0.917. The van der Waals surface area contributed by atoms with Crippen molar-refractivity contribution in [3.63, 3.8) is 0 Å². The molecule has 0 aromatic rings. The van der Waals surface area contributed by atoms with Gasteiger partial charge >= 0.3 is 0 Å². The zero-order valence-electron chi connectivity index (χ0n) is 11.1. The SMILES string of the molecule is CC[C@@H]1C(CO)O[C@@H](COC)C(NC(C)=O)[C@@H]1O. The average molecular weight is 261 g/mol. The van der Waals surface area contributed by atoms with Crippen LogP contribution in [0, 0.1) is 5.92 Å². The van der Waals surface area contributed by atoms with Crippen molar-refractivity contribution in [3.8, 4) is 0 Å². The van der Waals surface area contributed by atoms with Gasteiger partial charge in [-0.15, -0.1) is 0 Å². The number of carbonyl (C=O) groups excluding carboxylic acids is 1. The molecular formula is C12H23NO5. The smallest absolute Gasteiger partial charge is 0.217 e. The molecule has 106 valence electrons. The molecule has 1 aliphatic heterocycles. The lowest BCUT2D eigenvalue weighted by molar-refractivity contribution is -0.182. The summed E-state index contributed by atoms with van der Waals surface area (Å²) >= 11 is 0. The van der Waals surface area contributed by atoms with Crippen LogP contribution in [0.5, 0.6) is 0 Å². The highest BCUT2D eigenvalue weighted by molar-refractivity contribution is 5.73. The van der Waals surface area contributed by atoms with E-state index in [2.05, 4.69) is 5.32 Å². The van der Waals surface area contributed by atoms with Crippen molar-refractivity contribution in [2.75, 3.05) is 20.3 Å². The quantitative estimate of drug-likeness (QED) is 0.608. The van der Waals surface area contributed by atoms with Crippen molar-refractivity contribution in [2.45, 2.75) is 44.6 Å². The van der Waals surface area contributed by atoms with Gasteiger partial charge in [-0.3, -0.25) is 4.79 Å². The lowest BCUT2D eigenvalue weighted by atomic mass is 9.83. The third-order valence-electron chi connectivity index (χ3n) is 3.39. The normalized spacial score (nSPS) is 36.4. The van der Waals surface area contributed by atoms with Gasteiger partial charge in [-0.2, -0.15) is 0 Å². The van der Waals surface area contributed by atoms with Gasteiger partial charge in [0.05, 0.1) is 31.5 Å². The molecular weight excluding hydrogens is 238 g/mol. The maximum absolute atomic E-state index is 11.2. The van der Waals surface area contributed by atoms with E-state index in [1.807, 2.05) is 6.92 Å². The summed E-state index contributed by atoms with van der Waals surface area (Å²) in [5.41, 5.74) is 0. The minimum Gasteiger partial charge on any atom is -0.394 e. The zero-order valence-corrected chi connectivity index (χ0v) is 11.1. The van der Waals surface area contributed by atoms with Crippen molar-refractivity contribution in [1.82, 2.24) is 5.32 Å². The van der Waals surface area contributed by atoms with E-state index in [-0.39, 0.29) is 25.0 Å². The summed E-state index contributed by atoms with van der Waals surface area (Å²) in [6.45, 7) is 3.43. The Bertz CT molecular complexity index is 271. The Morgan fingerprint density at radius 3 is 2.56 bits per heavy atom. The number of aliphatic hydroxyl groups is 2. The van der Waals surface area contributed by atoms with E-state index >= 15 is 0 Å². The molecule has 1 saturated heterocycles. The second kappa shape index (κ2) is 7.04. The summed E-state index contributed by atoms with van der Waals surface area (Å²) in [6.07, 6.45) is -0.948. The van der Waals surface area contributed by atoms with Gasteiger partial charge in [-0.1, -0.05) is 6.92 Å². The molecule has 0 aliphatic carbocycles.